The van der Waals surface area contributed by atoms with E-state index in [9.17, 15) is 24.5 Å². The molecule has 7 nitrogen and oxygen atoms in total. The molecule has 2 heterocycles. The molecule has 190 valence electrons. The summed E-state index contributed by atoms with van der Waals surface area (Å²) in [6, 6.07) is 18.8. The Labute approximate surface area is 219 Å². The van der Waals surface area contributed by atoms with Crippen LogP contribution >= 0.6 is 0 Å². The molecule has 1 fully saturated rings. The summed E-state index contributed by atoms with van der Waals surface area (Å²) in [5.41, 5.74) is 0.431. The predicted octanol–water partition coefficient (Wildman–Crippen LogP) is 5.64. The summed E-state index contributed by atoms with van der Waals surface area (Å²) < 4.78 is 0. The maximum absolute atomic E-state index is 14.5. The summed E-state index contributed by atoms with van der Waals surface area (Å²) in [6.45, 7) is 5.50. The Morgan fingerprint density at radius 3 is 2.05 bits per heavy atom. The minimum Gasteiger partial charge on any atom is -0.352 e. The van der Waals surface area contributed by atoms with Crippen LogP contribution in [-0.4, -0.2) is 34.4 Å². The zero-order valence-corrected chi connectivity index (χ0v) is 21.3. The average Bonchev–Trinajstić information content (AvgIpc) is 3.34. The summed E-state index contributed by atoms with van der Waals surface area (Å²) >= 11 is 0. The Bertz CT molecular complexity index is 1530. The molecule has 3 aromatic rings. The van der Waals surface area contributed by atoms with Gasteiger partial charge < -0.3 is 4.90 Å². The zero-order chi connectivity index (χ0) is 27.0. The number of Topliss-reactive ketones (excluding diaryl/α,β-unsaturated/α-hetero) is 3. The van der Waals surface area contributed by atoms with E-state index in [2.05, 4.69) is 0 Å². The van der Waals surface area contributed by atoms with Crippen LogP contribution < -0.4 is 4.90 Å². The van der Waals surface area contributed by atoms with E-state index < -0.39 is 33.8 Å². The number of ketones is 3. The minimum atomic E-state index is -1.60. The highest BCUT2D eigenvalue weighted by Gasteiger charge is 2.71. The number of nitrogens with zero attached hydrogens (tertiary/aromatic N) is 2. The molecule has 0 N–H and O–H groups in total. The van der Waals surface area contributed by atoms with E-state index in [4.69, 9.17) is 0 Å². The van der Waals surface area contributed by atoms with Crippen LogP contribution in [0.3, 0.4) is 0 Å². The SMILES string of the molecule is CC(C)(C)C(=O)[C@H]1[C@H](c2ccc([N+](=O)[O-])cc2)C2(C(=O)c3ccccc3C2=O)[C@@H]2C=Cc3ccccc3N21. The monoisotopic (exact) mass is 506 g/mol. The van der Waals surface area contributed by atoms with E-state index in [-0.39, 0.29) is 23.0 Å². The van der Waals surface area contributed by atoms with Crippen LogP contribution in [-0.2, 0) is 4.79 Å². The fourth-order valence-electron chi connectivity index (χ4n) is 6.54. The van der Waals surface area contributed by atoms with Gasteiger partial charge in [0.15, 0.2) is 17.3 Å². The second kappa shape index (κ2) is 8.05. The van der Waals surface area contributed by atoms with Gasteiger partial charge in [-0.3, -0.25) is 24.5 Å². The maximum Gasteiger partial charge on any atom is 0.269 e. The Kier molecular flexibility index (Phi) is 5.08. The second-order valence-corrected chi connectivity index (χ2v) is 11.2. The van der Waals surface area contributed by atoms with E-state index in [0.717, 1.165) is 11.3 Å². The van der Waals surface area contributed by atoms with Crippen LogP contribution in [0, 0.1) is 20.9 Å². The number of nitro groups is 1. The number of carbonyl (C=O) groups is 3. The van der Waals surface area contributed by atoms with Gasteiger partial charge in [-0.05, 0) is 17.2 Å². The number of benzene rings is 3. The van der Waals surface area contributed by atoms with Crippen LogP contribution in [0.15, 0.2) is 78.9 Å². The van der Waals surface area contributed by atoms with Crippen molar-refractivity contribution in [1.29, 1.82) is 0 Å². The highest BCUT2D eigenvalue weighted by atomic mass is 16.6. The van der Waals surface area contributed by atoms with Gasteiger partial charge in [0.25, 0.3) is 5.69 Å². The van der Waals surface area contributed by atoms with Crippen LogP contribution in [0.5, 0.6) is 0 Å². The molecule has 0 amide bonds. The van der Waals surface area contributed by atoms with E-state index in [0.29, 0.717) is 16.7 Å². The molecule has 1 aliphatic carbocycles. The molecule has 3 aliphatic rings. The lowest BCUT2D eigenvalue weighted by atomic mass is 9.63. The quantitative estimate of drug-likeness (QED) is 0.259. The second-order valence-electron chi connectivity index (χ2n) is 11.2. The summed E-state index contributed by atoms with van der Waals surface area (Å²) in [5, 5.41) is 11.4. The average molecular weight is 507 g/mol. The molecule has 0 radical (unpaired) electrons. The first-order valence-electron chi connectivity index (χ1n) is 12.6. The van der Waals surface area contributed by atoms with Crippen molar-refractivity contribution in [3.63, 3.8) is 0 Å². The van der Waals surface area contributed by atoms with Gasteiger partial charge in [0.05, 0.1) is 17.0 Å². The summed E-state index contributed by atoms with van der Waals surface area (Å²) in [4.78, 5) is 56.1. The van der Waals surface area contributed by atoms with Crippen molar-refractivity contribution in [2.75, 3.05) is 4.90 Å². The van der Waals surface area contributed by atoms with Crippen LogP contribution in [0.1, 0.15) is 58.5 Å². The Morgan fingerprint density at radius 2 is 1.47 bits per heavy atom. The predicted molar refractivity (Wildman–Crippen MR) is 143 cm³/mol. The molecule has 0 unspecified atom stereocenters. The molecule has 1 saturated heterocycles. The first-order chi connectivity index (χ1) is 18.1. The molecule has 1 spiro atoms. The lowest BCUT2D eigenvalue weighted by molar-refractivity contribution is -0.384. The zero-order valence-electron chi connectivity index (χ0n) is 21.3. The molecular weight excluding hydrogens is 480 g/mol. The fraction of sp³-hybridized carbons (Fsp3) is 0.258. The number of nitro benzene ring substituents is 1. The normalized spacial score (nSPS) is 22.8. The molecule has 2 aliphatic heterocycles. The summed E-state index contributed by atoms with van der Waals surface area (Å²) in [6.07, 6.45) is 3.79. The lowest BCUT2D eigenvalue weighted by Gasteiger charge is -2.38. The van der Waals surface area contributed by atoms with Gasteiger partial charge in [0, 0.05) is 40.3 Å². The van der Waals surface area contributed by atoms with E-state index in [1.54, 1.807) is 36.4 Å². The molecule has 3 aromatic carbocycles. The largest absolute Gasteiger partial charge is 0.352 e. The fourth-order valence-corrected chi connectivity index (χ4v) is 6.54. The maximum atomic E-state index is 14.5. The molecule has 3 atom stereocenters. The first-order valence-corrected chi connectivity index (χ1v) is 12.6. The molecule has 7 heteroatoms. The smallest absolute Gasteiger partial charge is 0.269 e. The molecule has 0 aromatic heterocycles. The molecule has 0 bridgehead atoms. The van der Waals surface area contributed by atoms with E-state index in [1.165, 1.54) is 12.1 Å². The van der Waals surface area contributed by atoms with Gasteiger partial charge in [-0.2, -0.15) is 0 Å². The summed E-state index contributed by atoms with van der Waals surface area (Å²) in [5.74, 6) is -1.60. The van der Waals surface area contributed by atoms with Crippen molar-refractivity contribution < 1.29 is 19.3 Å². The van der Waals surface area contributed by atoms with Crippen molar-refractivity contribution >= 4 is 34.8 Å². The summed E-state index contributed by atoms with van der Waals surface area (Å²) in [7, 11) is 0. The number of anilines is 1. The van der Waals surface area contributed by atoms with Gasteiger partial charge in [-0.25, -0.2) is 0 Å². The molecule has 38 heavy (non-hydrogen) atoms. The number of para-hydroxylation sites is 1. The number of hydrogen-bond donors (Lipinski definition) is 0. The number of fused-ring (bicyclic) bond motifs is 5. The molecule has 6 rings (SSSR count). The van der Waals surface area contributed by atoms with Gasteiger partial charge in [0.1, 0.15) is 5.41 Å². The van der Waals surface area contributed by atoms with Gasteiger partial charge in [-0.15, -0.1) is 0 Å². The van der Waals surface area contributed by atoms with Crippen LogP contribution in [0.4, 0.5) is 11.4 Å². The lowest BCUT2D eigenvalue weighted by Crippen LogP contribution is -2.49. The Balaban J connectivity index is 1.68. The first kappa shape index (κ1) is 24.0. The van der Waals surface area contributed by atoms with Crippen molar-refractivity contribution in [2.24, 2.45) is 10.8 Å². The standard InChI is InChI=1S/C31H26N2O5/c1-30(2,3)29(36)26-25(19-12-15-20(16-13-19)33(37)38)31(27(34)21-9-5-6-10-22(21)28(31)35)24-17-14-18-8-4-7-11-23(18)32(24)26/h4-17,24-26H,1-3H3/t24-,25-,26+/m0/s1. The number of non-ortho nitro benzene ring substituents is 1. The van der Waals surface area contributed by atoms with E-state index in [1.807, 2.05) is 62.1 Å². The highest BCUT2D eigenvalue weighted by molar-refractivity contribution is 6.32. The molecule has 0 saturated carbocycles. The van der Waals surface area contributed by atoms with Crippen molar-refractivity contribution in [3.05, 3.63) is 111 Å². The third kappa shape index (κ3) is 3.05. The topological polar surface area (TPSA) is 97.6 Å². The minimum absolute atomic E-state index is 0.102. The third-order valence-corrected chi connectivity index (χ3v) is 8.18. The van der Waals surface area contributed by atoms with Gasteiger partial charge in [-0.1, -0.05) is 87.5 Å². The van der Waals surface area contributed by atoms with Crippen LogP contribution in [0.2, 0.25) is 0 Å². The van der Waals surface area contributed by atoms with E-state index >= 15 is 0 Å². The van der Waals surface area contributed by atoms with Gasteiger partial charge >= 0.3 is 0 Å². The molecular formula is C31H26N2O5. The van der Waals surface area contributed by atoms with Crippen molar-refractivity contribution in [3.8, 4) is 0 Å². The van der Waals surface area contributed by atoms with Crippen molar-refractivity contribution in [2.45, 2.75) is 38.8 Å². The number of rotatable bonds is 3. The number of hydrogen-bond acceptors (Lipinski definition) is 6. The third-order valence-electron chi connectivity index (χ3n) is 8.18. The van der Waals surface area contributed by atoms with Crippen LogP contribution in [0.25, 0.3) is 6.08 Å². The number of carbonyl (C=O) groups excluding carboxylic acids is 3. The van der Waals surface area contributed by atoms with Crippen molar-refractivity contribution in [1.82, 2.24) is 0 Å². The Hall–Kier alpha value is -4.39. The Morgan fingerprint density at radius 1 is 0.895 bits per heavy atom. The van der Waals surface area contributed by atoms with Gasteiger partial charge in [0.2, 0.25) is 0 Å². The highest BCUT2D eigenvalue weighted by Crippen LogP contribution is 2.61.